The van der Waals surface area contributed by atoms with Crippen molar-refractivity contribution in [3.05, 3.63) is 0 Å². The fraction of sp³-hybridized carbons (Fsp3) is 1.00. The Labute approximate surface area is 75.1 Å². The first-order valence-corrected chi connectivity index (χ1v) is 6.16. The molecule has 0 unspecified atom stereocenters. The molecule has 0 saturated carbocycles. The predicted octanol–water partition coefficient (Wildman–Crippen LogP) is 3.71. The average Bonchev–Trinajstić information content (AvgIpc) is 2.07. The van der Waals surface area contributed by atoms with Crippen molar-refractivity contribution in [1.82, 2.24) is 0 Å². The van der Waals surface area contributed by atoms with Crippen LogP contribution in [0.4, 0.5) is 0 Å². The van der Waals surface area contributed by atoms with Gasteiger partial charge in [0.05, 0.1) is 0 Å². The van der Waals surface area contributed by atoms with Gasteiger partial charge < -0.3 is 0 Å². The number of hydrogen-bond acceptors (Lipinski definition) is 1. The summed E-state index contributed by atoms with van der Waals surface area (Å²) in [7, 11) is 0. The lowest BCUT2D eigenvalue weighted by atomic mass is 9.96. The molecule has 0 spiro atoms. The second-order valence-electron chi connectivity index (χ2n) is 3.55. The third-order valence-electron chi connectivity index (χ3n) is 2.56. The lowest BCUT2D eigenvalue weighted by Crippen LogP contribution is -2.09. The Morgan fingerprint density at radius 2 is 1.91 bits per heavy atom. The molecule has 0 aromatic heterocycles. The minimum Gasteiger partial charge on any atom is -0.162 e. The van der Waals surface area contributed by atoms with E-state index in [2.05, 4.69) is 18.7 Å². The van der Waals surface area contributed by atoms with Crippen LogP contribution in [0.3, 0.4) is 0 Å². The van der Waals surface area contributed by atoms with Crippen LogP contribution in [0.25, 0.3) is 0 Å². The molecule has 1 aliphatic rings. The number of unbranched alkanes of at least 4 members (excludes halogenated alkanes) is 2. The summed E-state index contributed by atoms with van der Waals surface area (Å²) in [6.45, 7) is 2.29. The molecule has 66 valence electrons. The zero-order valence-corrected chi connectivity index (χ0v) is 8.46. The molecule has 0 aliphatic carbocycles. The van der Waals surface area contributed by atoms with Crippen molar-refractivity contribution in [1.29, 1.82) is 0 Å². The van der Waals surface area contributed by atoms with Crippen molar-refractivity contribution in [2.24, 2.45) is 5.92 Å². The summed E-state index contributed by atoms with van der Waals surface area (Å²) in [5, 5.41) is 0. The maximum absolute atomic E-state index is 2.29. The molecule has 1 rings (SSSR count). The fourth-order valence-corrected chi connectivity index (χ4v) is 2.92. The van der Waals surface area contributed by atoms with Gasteiger partial charge in [0.2, 0.25) is 0 Å². The van der Waals surface area contributed by atoms with Gasteiger partial charge in [0, 0.05) is 0 Å². The summed E-state index contributed by atoms with van der Waals surface area (Å²) < 4.78 is 0. The zero-order chi connectivity index (χ0) is 7.94. The lowest BCUT2D eigenvalue weighted by Gasteiger charge is -2.20. The lowest BCUT2D eigenvalue weighted by molar-refractivity contribution is 0.431. The fourth-order valence-electron chi connectivity index (χ4n) is 1.72. The van der Waals surface area contributed by atoms with Crippen LogP contribution in [0.1, 0.15) is 45.4 Å². The minimum absolute atomic E-state index is 1.09. The largest absolute Gasteiger partial charge is 0.162 e. The summed E-state index contributed by atoms with van der Waals surface area (Å²) >= 11 is 2.14. The first-order valence-electron chi connectivity index (χ1n) is 5.01. The van der Waals surface area contributed by atoms with E-state index in [1.807, 2.05) is 0 Å². The first kappa shape index (κ1) is 9.44. The van der Waals surface area contributed by atoms with Gasteiger partial charge in [-0.25, -0.2) is 0 Å². The summed E-state index contributed by atoms with van der Waals surface area (Å²) in [5.74, 6) is 3.94. The van der Waals surface area contributed by atoms with Crippen LogP contribution < -0.4 is 0 Å². The molecule has 0 aromatic rings. The van der Waals surface area contributed by atoms with E-state index in [0.717, 1.165) is 5.92 Å². The normalized spacial score (nSPS) is 20.5. The van der Waals surface area contributed by atoms with E-state index < -0.39 is 0 Å². The summed E-state index contributed by atoms with van der Waals surface area (Å²) in [4.78, 5) is 0. The Morgan fingerprint density at radius 3 is 2.55 bits per heavy atom. The average molecular weight is 172 g/mol. The summed E-state index contributed by atoms with van der Waals surface area (Å²) in [6.07, 6.45) is 8.80. The second kappa shape index (κ2) is 5.93. The van der Waals surface area contributed by atoms with Crippen molar-refractivity contribution >= 4 is 11.8 Å². The number of hydrogen-bond donors (Lipinski definition) is 0. The Kier molecular flexibility index (Phi) is 5.09. The van der Waals surface area contributed by atoms with Gasteiger partial charge in [-0.3, -0.25) is 0 Å². The van der Waals surface area contributed by atoms with Crippen LogP contribution in [0, 0.1) is 5.92 Å². The van der Waals surface area contributed by atoms with Crippen molar-refractivity contribution in [3.63, 3.8) is 0 Å². The van der Waals surface area contributed by atoms with Gasteiger partial charge in [-0.15, -0.1) is 0 Å². The molecule has 1 aliphatic heterocycles. The first-order chi connectivity index (χ1) is 5.43. The highest BCUT2D eigenvalue weighted by Gasteiger charge is 2.12. The molecule has 0 aromatic carbocycles. The van der Waals surface area contributed by atoms with E-state index in [-0.39, 0.29) is 0 Å². The topological polar surface area (TPSA) is 0 Å². The molecule has 0 atom stereocenters. The van der Waals surface area contributed by atoms with Gasteiger partial charge in [-0.1, -0.05) is 32.6 Å². The number of thioether (sulfide) groups is 1. The highest BCUT2D eigenvalue weighted by molar-refractivity contribution is 7.99. The Bertz CT molecular complexity index is 84.9. The third-order valence-corrected chi connectivity index (χ3v) is 3.61. The van der Waals surface area contributed by atoms with Crippen LogP contribution in [0.5, 0.6) is 0 Å². The zero-order valence-electron chi connectivity index (χ0n) is 7.64. The van der Waals surface area contributed by atoms with Crippen LogP contribution in [0.2, 0.25) is 0 Å². The quantitative estimate of drug-likeness (QED) is 0.583. The SMILES string of the molecule is CCCCCC1CCSCC1. The van der Waals surface area contributed by atoms with Gasteiger partial charge in [0.15, 0.2) is 0 Å². The van der Waals surface area contributed by atoms with Crippen LogP contribution in [-0.2, 0) is 0 Å². The third kappa shape index (κ3) is 4.05. The van der Waals surface area contributed by atoms with Gasteiger partial charge in [-0.2, -0.15) is 11.8 Å². The molecule has 0 N–H and O–H groups in total. The molecular formula is C10H20S. The highest BCUT2D eigenvalue weighted by Crippen LogP contribution is 2.26. The van der Waals surface area contributed by atoms with Crippen LogP contribution in [0.15, 0.2) is 0 Å². The molecule has 1 fully saturated rings. The highest BCUT2D eigenvalue weighted by atomic mass is 32.2. The molecule has 0 nitrogen and oxygen atoms in total. The molecule has 0 bridgehead atoms. The molecule has 1 saturated heterocycles. The van der Waals surface area contributed by atoms with E-state index in [0.29, 0.717) is 0 Å². The predicted molar refractivity (Wildman–Crippen MR) is 54.2 cm³/mol. The van der Waals surface area contributed by atoms with Gasteiger partial charge >= 0.3 is 0 Å². The second-order valence-corrected chi connectivity index (χ2v) is 4.78. The van der Waals surface area contributed by atoms with E-state index in [9.17, 15) is 0 Å². The standard InChI is InChI=1S/C10H20S/c1-2-3-4-5-10-6-8-11-9-7-10/h10H,2-9H2,1H3. The minimum atomic E-state index is 1.09. The van der Waals surface area contributed by atoms with Crippen molar-refractivity contribution < 1.29 is 0 Å². The van der Waals surface area contributed by atoms with Crippen molar-refractivity contribution in [3.8, 4) is 0 Å². The Morgan fingerprint density at radius 1 is 1.18 bits per heavy atom. The summed E-state index contributed by atoms with van der Waals surface area (Å²) in [5.41, 5.74) is 0. The van der Waals surface area contributed by atoms with E-state index in [1.54, 1.807) is 0 Å². The molecular weight excluding hydrogens is 152 g/mol. The van der Waals surface area contributed by atoms with Gasteiger partial charge in [-0.05, 0) is 30.3 Å². The Hall–Kier alpha value is 0.350. The summed E-state index contributed by atoms with van der Waals surface area (Å²) in [6, 6.07) is 0. The maximum Gasteiger partial charge on any atom is -0.00649 e. The van der Waals surface area contributed by atoms with E-state index in [1.165, 1.54) is 50.0 Å². The van der Waals surface area contributed by atoms with Crippen LogP contribution in [-0.4, -0.2) is 11.5 Å². The van der Waals surface area contributed by atoms with Crippen molar-refractivity contribution in [2.45, 2.75) is 45.4 Å². The van der Waals surface area contributed by atoms with Crippen molar-refractivity contribution in [2.75, 3.05) is 11.5 Å². The number of rotatable bonds is 4. The smallest absolute Gasteiger partial charge is 0.00649 e. The van der Waals surface area contributed by atoms with Crippen LogP contribution >= 0.6 is 11.8 Å². The Balaban J connectivity index is 1.96. The molecule has 0 radical (unpaired) electrons. The molecule has 1 heterocycles. The maximum atomic E-state index is 2.29. The van der Waals surface area contributed by atoms with E-state index >= 15 is 0 Å². The molecule has 0 amide bonds. The monoisotopic (exact) mass is 172 g/mol. The van der Waals surface area contributed by atoms with Gasteiger partial charge in [0.25, 0.3) is 0 Å². The molecule has 1 heteroatoms. The molecule has 11 heavy (non-hydrogen) atoms. The van der Waals surface area contributed by atoms with E-state index in [4.69, 9.17) is 0 Å². The van der Waals surface area contributed by atoms with Gasteiger partial charge in [0.1, 0.15) is 0 Å².